The van der Waals surface area contributed by atoms with Gasteiger partial charge in [-0.15, -0.1) is 22.7 Å². The first-order valence-electron chi connectivity index (χ1n) is 9.85. The van der Waals surface area contributed by atoms with Crippen molar-refractivity contribution in [1.29, 1.82) is 0 Å². The number of nitrogens with zero attached hydrogens (tertiary/aromatic N) is 2. The zero-order valence-electron chi connectivity index (χ0n) is 17.9. The molecule has 0 radical (unpaired) electrons. The van der Waals surface area contributed by atoms with E-state index in [1.807, 2.05) is 24.4 Å². The summed E-state index contributed by atoms with van der Waals surface area (Å²) in [4.78, 5) is 32.7. The average molecular weight is 510 g/mol. The summed E-state index contributed by atoms with van der Waals surface area (Å²) >= 11 is 0.707. The van der Waals surface area contributed by atoms with Crippen LogP contribution in [-0.2, 0) is 33.6 Å². The van der Waals surface area contributed by atoms with Crippen molar-refractivity contribution in [3.05, 3.63) is 57.1 Å². The number of aryl methyl sites for hydroxylation is 1. The van der Waals surface area contributed by atoms with Crippen LogP contribution in [0.25, 0.3) is 0 Å². The molecule has 2 heterocycles. The molecule has 176 valence electrons. The van der Waals surface area contributed by atoms with Gasteiger partial charge in [0.15, 0.2) is 5.69 Å². The van der Waals surface area contributed by atoms with Crippen LogP contribution in [0, 0.1) is 0 Å². The number of nitrogens with one attached hydrogen (secondary N) is 3. The molecule has 1 unspecified atom stereocenters. The van der Waals surface area contributed by atoms with Crippen molar-refractivity contribution < 1.29 is 23.1 Å². The Kier molecular flexibility index (Phi) is 8.88. The fourth-order valence-electron chi connectivity index (χ4n) is 2.90. The number of benzene rings is 1. The van der Waals surface area contributed by atoms with Crippen molar-refractivity contribution in [3.63, 3.8) is 0 Å². The quantitative estimate of drug-likeness (QED) is 0.228. The van der Waals surface area contributed by atoms with E-state index >= 15 is 0 Å². The highest BCUT2D eigenvalue weighted by atomic mass is 32.2. The van der Waals surface area contributed by atoms with Crippen LogP contribution < -0.4 is 15.4 Å². The van der Waals surface area contributed by atoms with Gasteiger partial charge in [-0.05, 0) is 30.5 Å². The summed E-state index contributed by atoms with van der Waals surface area (Å²) in [5.41, 5.74) is 4.07. The summed E-state index contributed by atoms with van der Waals surface area (Å²) in [7, 11) is 1.25. The summed E-state index contributed by atoms with van der Waals surface area (Å²) in [5, 5.41) is 9.42. The number of carbonyl (C=O) groups excluding carboxylic acids is 2. The van der Waals surface area contributed by atoms with E-state index in [1.54, 1.807) is 29.0 Å². The van der Waals surface area contributed by atoms with E-state index in [9.17, 15) is 13.8 Å². The molecule has 0 aliphatic heterocycles. The molecule has 1 amide bonds. The van der Waals surface area contributed by atoms with Gasteiger partial charge < -0.3 is 15.4 Å². The van der Waals surface area contributed by atoms with Gasteiger partial charge >= 0.3 is 5.97 Å². The zero-order chi connectivity index (χ0) is 23.8. The predicted molar refractivity (Wildman–Crippen MR) is 129 cm³/mol. The smallest absolute Gasteiger partial charge is 0.325 e. The molecule has 0 spiro atoms. The third kappa shape index (κ3) is 7.05. The summed E-state index contributed by atoms with van der Waals surface area (Å²) in [6.45, 7) is 1.79. The molecule has 1 aromatic carbocycles. The first kappa shape index (κ1) is 24.8. The van der Waals surface area contributed by atoms with Crippen molar-refractivity contribution in [2.24, 2.45) is 0 Å². The van der Waals surface area contributed by atoms with Gasteiger partial charge in [-0.3, -0.25) is 18.9 Å². The minimum Gasteiger partial charge on any atom is -0.468 e. The fourth-order valence-corrected chi connectivity index (χ4v) is 4.77. The molecule has 4 N–H and O–H groups in total. The predicted octanol–water partition coefficient (Wildman–Crippen LogP) is 3.01. The molecular formula is C20H23N5O5S3. The molecule has 0 bridgehead atoms. The van der Waals surface area contributed by atoms with Gasteiger partial charge in [-0.1, -0.05) is 19.1 Å². The maximum atomic E-state index is 12.5. The molecule has 0 saturated carbocycles. The van der Waals surface area contributed by atoms with E-state index in [0.29, 0.717) is 17.1 Å². The minimum atomic E-state index is -2.14. The number of ether oxygens (including phenoxy) is 1. The number of anilines is 2. The van der Waals surface area contributed by atoms with Crippen LogP contribution in [-0.4, -0.2) is 44.3 Å². The van der Waals surface area contributed by atoms with E-state index in [4.69, 9.17) is 9.54 Å². The van der Waals surface area contributed by atoms with Crippen LogP contribution in [0.4, 0.5) is 10.7 Å². The molecule has 0 fully saturated rings. The molecule has 3 rings (SSSR count). The SMILES string of the molecule is CCc1nc([C@H](Cc2ccc(NS(=O)O)cc2)Nc2scnc2C(=O)NCC(=O)OC)cs1. The summed E-state index contributed by atoms with van der Waals surface area (Å²) in [5.74, 6) is -1.04. The highest BCUT2D eigenvalue weighted by molar-refractivity contribution is 7.80. The Bertz CT molecular complexity index is 1120. The van der Waals surface area contributed by atoms with Crippen LogP contribution in [0.1, 0.15) is 39.7 Å². The number of rotatable bonds is 11. The topological polar surface area (TPSA) is 143 Å². The van der Waals surface area contributed by atoms with Crippen LogP contribution in [0.2, 0.25) is 0 Å². The van der Waals surface area contributed by atoms with E-state index < -0.39 is 23.1 Å². The van der Waals surface area contributed by atoms with Crippen molar-refractivity contribution >= 4 is 56.5 Å². The number of esters is 1. The Hall–Kier alpha value is -2.87. The van der Waals surface area contributed by atoms with Gasteiger partial charge in [0, 0.05) is 11.1 Å². The van der Waals surface area contributed by atoms with Gasteiger partial charge in [-0.2, -0.15) is 0 Å². The van der Waals surface area contributed by atoms with E-state index in [1.165, 1.54) is 18.4 Å². The lowest BCUT2D eigenvalue weighted by molar-refractivity contribution is -0.139. The summed E-state index contributed by atoms with van der Waals surface area (Å²) in [6.07, 6.45) is 1.37. The highest BCUT2D eigenvalue weighted by Crippen LogP contribution is 2.30. The largest absolute Gasteiger partial charge is 0.468 e. The van der Waals surface area contributed by atoms with Crippen LogP contribution in [0.3, 0.4) is 0 Å². The number of hydrogen-bond donors (Lipinski definition) is 4. The number of carbonyl (C=O) groups is 2. The molecule has 2 aromatic heterocycles. The normalized spacial score (nSPS) is 12.6. The third-order valence-corrected chi connectivity index (χ3v) is 6.72. The van der Waals surface area contributed by atoms with E-state index in [-0.39, 0.29) is 18.3 Å². The second-order valence-corrected chi connectivity index (χ2v) is 9.26. The number of hydrogen-bond acceptors (Lipinski definition) is 9. The van der Waals surface area contributed by atoms with Crippen molar-refractivity contribution in [2.75, 3.05) is 23.7 Å². The van der Waals surface area contributed by atoms with Crippen molar-refractivity contribution in [3.8, 4) is 0 Å². The Balaban J connectivity index is 1.80. The molecule has 2 atom stereocenters. The maximum absolute atomic E-state index is 12.5. The fraction of sp³-hybridized carbons (Fsp3) is 0.300. The first-order valence-corrected chi connectivity index (χ1v) is 12.7. The Morgan fingerprint density at radius 3 is 2.64 bits per heavy atom. The summed E-state index contributed by atoms with van der Waals surface area (Å²) in [6, 6.07) is 6.90. The zero-order valence-corrected chi connectivity index (χ0v) is 20.3. The van der Waals surface area contributed by atoms with Gasteiger partial charge in [0.25, 0.3) is 17.2 Å². The van der Waals surface area contributed by atoms with Gasteiger partial charge in [0.1, 0.15) is 11.5 Å². The second kappa shape index (κ2) is 11.8. The van der Waals surface area contributed by atoms with Crippen LogP contribution in [0.15, 0.2) is 35.2 Å². The number of thiazole rings is 2. The van der Waals surface area contributed by atoms with Crippen molar-refractivity contribution in [2.45, 2.75) is 25.8 Å². The molecule has 0 saturated heterocycles. The van der Waals surface area contributed by atoms with Crippen LogP contribution in [0.5, 0.6) is 0 Å². The summed E-state index contributed by atoms with van der Waals surface area (Å²) < 4.78 is 26.9. The lowest BCUT2D eigenvalue weighted by atomic mass is 10.0. The maximum Gasteiger partial charge on any atom is 0.325 e. The molecule has 13 heteroatoms. The lowest BCUT2D eigenvalue weighted by Crippen LogP contribution is -2.31. The van der Waals surface area contributed by atoms with E-state index in [0.717, 1.165) is 22.7 Å². The number of aromatic nitrogens is 2. The van der Waals surface area contributed by atoms with E-state index in [2.05, 4.69) is 25.1 Å². The molecule has 0 aliphatic rings. The Morgan fingerprint density at radius 2 is 2.00 bits per heavy atom. The lowest BCUT2D eigenvalue weighted by Gasteiger charge is -2.18. The molecule has 10 nitrogen and oxygen atoms in total. The molecule has 0 aliphatic carbocycles. The Morgan fingerprint density at radius 1 is 1.24 bits per heavy atom. The monoisotopic (exact) mass is 509 g/mol. The highest BCUT2D eigenvalue weighted by Gasteiger charge is 2.22. The number of amides is 1. The number of methoxy groups -OCH3 is 1. The first-order chi connectivity index (χ1) is 15.9. The molecule has 33 heavy (non-hydrogen) atoms. The van der Waals surface area contributed by atoms with Crippen LogP contribution >= 0.6 is 22.7 Å². The molecular weight excluding hydrogens is 486 g/mol. The van der Waals surface area contributed by atoms with Gasteiger partial charge in [0.05, 0.1) is 29.4 Å². The second-order valence-electron chi connectivity index (χ2n) is 6.76. The third-order valence-electron chi connectivity index (χ3n) is 4.54. The molecule has 3 aromatic rings. The van der Waals surface area contributed by atoms with Gasteiger partial charge in [0.2, 0.25) is 0 Å². The standard InChI is InChI=1S/C20H23N5O5S3/c1-3-16-23-15(10-31-16)14(8-12-4-6-13(7-5-12)25-33(28)29)24-20-18(22-11-32-20)19(27)21-9-17(26)30-2/h4-7,10-11,14,24-25H,3,8-9H2,1-2H3,(H,21,27)(H,28,29)/t14-/m0/s1. The van der Waals surface area contributed by atoms with Gasteiger partial charge in [-0.25, -0.2) is 14.2 Å². The average Bonchev–Trinajstić information content (AvgIpc) is 3.47. The Labute approximate surface area is 201 Å². The van der Waals surface area contributed by atoms with Crippen molar-refractivity contribution in [1.82, 2.24) is 15.3 Å². The minimum absolute atomic E-state index is 0.185.